The van der Waals surface area contributed by atoms with Gasteiger partial charge in [0, 0.05) is 12.0 Å². The second-order valence-corrected chi connectivity index (χ2v) is 6.66. The molecular weight excluding hydrogens is 280 g/mol. The lowest BCUT2D eigenvalue weighted by Gasteiger charge is -2.38. The Labute approximate surface area is 141 Å². The second kappa shape index (κ2) is 8.88. The number of benzene rings is 2. The minimum Gasteiger partial charge on any atom is -0.381 e. The van der Waals surface area contributed by atoms with Crippen LogP contribution < -0.4 is 0 Å². The maximum atomic E-state index is 6.03. The molecule has 0 spiro atoms. The first-order valence-electron chi connectivity index (χ1n) is 8.62. The van der Waals surface area contributed by atoms with Crippen LogP contribution in [0.25, 0.3) is 0 Å². The molecule has 0 aromatic heterocycles. The van der Waals surface area contributed by atoms with Crippen LogP contribution in [-0.2, 0) is 17.6 Å². The van der Waals surface area contributed by atoms with Gasteiger partial charge >= 0.3 is 0 Å². The predicted molar refractivity (Wildman–Crippen MR) is 98.4 cm³/mol. The molecule has 1 nitrogen and oxygen atoms in total. The van der Waals surface area contributed by atoms with E-state index in [1.165, 1.54) is 17.0 Å². The van der Waals surface area contributed by atoms with E-state index in [0.29, 0.717) is 0 Å². The van der Waals surface area contributed by atoms with E-state index in [9.17, 15) is 0 Å². The third kappa shape index (κ3) is 5.21. The smallest absolute Gasteiger partial charge is 0.0534 e. The van der Waals surface area contributed by atoms with Crippen LogP contribution in [0.5, 0.6) is 0 Å². The van der Waals surface area contributed by atoms with E-state index in [0.717, 1.165) is 32.5 Å². The van der Waals surface area contributed by atoms with E-state index in [4.69, 9.17) is 4.74 Å². The third-order valence-corrected chi connectivity index (χ3v) is 4.56. The first-order valence-corrected chi connectivity index (χ1v) is 8.62. The van der Waals surface area contributed by atoms with Gasteiger partial charge in [-0.05, 0) is 36.3 Å². The Balaban J connectivity index is 2.25. The Morgan fingerprint density at radius 2 is 1.30 bits per heavy atom. The molecule has 2 aromatic rings. The van der Waals surface area contributed by atoms with Crippen molar-refractivity contribution in [2.75, 3.05) is 13.2 Å². The minimum atomic E-state index is 0.0534. The zero-order valence-corrected chi connectivity index (χ0v) is 14.7. The minimum absolute atomic E-state index is 0.0534. The average Bonchev–Trinajstić information content (AvgIpc) is 2.56. The summed E-state index contributed by atoms with van der Waals surface area (Å²) in [4.78, 5) is 0. The molecule has 0 saturated carbocycles. The Kier molecular flexibility index (Phi) is 6.85. The monoisotopic (exact) mass is 309 g/mol. The molecular formula is C22H29O. The molecule has 123 valence electrons. The Hall–Kier alpha value is -1.60. The van der Waals surface area contributed by atoms with Gasteiger partial charge in [0.25, 0.3) is 0 Å². The van der Waals surface area contributed by atoms with Crippen LogP contribution in [0.2, 0.25) is 0 Å². The zero-order chi connectivity index (χ0) is 16.5. The van der Waals surface area contributed by atoms with Gasteiger partial charge in [0.2, 0.25) is 0 Å². The molecule has 0 atom stereocenters. The quantitative estimate of drug-likeness (QED) is 0.556. The van der Waals surface area contributed by atoms with Crippen LogP contribution in [0.3, 0.4) is 0 Å². The van der Waals surface area contributed by atoms with Crippen molar-refractivity contribution in [3.63, 3.8) is 0 Å². The van der Waals surface area contributed by atoms with Crippen molar-refractivity contribution in [3.8, 4) is 0 Å². The van der Waals surface area contributed by atoms with Crippen molar-refractivity contribution in [2.24, 2.45) is 5.41 Å². The van der Waals surface area contributed by atoms with E-state index in [-0.39, 0.29) is 5.41 Å². The van der Waals surface area contributed by atoms with Gasteiger partial charge in [0.15, 0.2) is 0 Å². The summed E-state index contributed by atoms with van der Waals surface area (Å²) in [7, 11) is 0. The maximum absolute atomic E-state index is 6.03. The van der Waals surface area contributed by atoms with Crippen LogP contribution in [0.15, 0.2) is 60.7 Å². The van der Waals surface area contributed by atoms with Crippen LogP contribution in [0.1, 0.15) is 38.3 Å². The molecule has 23 heavy (non-hydrogen) atoms. The van der Waals surface area contributed by atoms with Crippen molar-refractivity contribution >= 4 is 0 Å². The number of hydrogen-bond acceptors (Lipinski definition) is 1. The highest BCUT2D eigenvalue weighted by molar-refractivity contribution is 5.24. The highest BCUT2D eigenvalue weighted by Gasteiger charge is 2.35. The first kappa shape index (κ1) is 17.7. The van der Waals surface area contributed by atoms with Gasteiger partial charge < -0.3 is 4.74 Å². The SMILES string of the molecule is CCCOCC(Cc1ccccc1)(Cc1ccccc1)[C](C)C. The molecule has 0 heterocycles. The van der Waals surface area contributed by atoms with E-state index >= 15 is 0 Å². The Morgan fingerprint density at radius 3 is 1.70 bits per heavy atom. The average molecular weight is 309 g/mol. The molecule has 1 radical (unpaired) electrons. The standard InChI is InChI=1S/C22H29O/c1-4-15-23-18-22(19(2)3,16-20-11-7-5-8-12-20)17-21-13-9-6-10-14-21/h5-14H,4,15-18H2,1-3H3. The van der Waals surface area contributed by atoms with Crippen LogP contribution >= 0.6 is 0 Å². The predicted octanol–water partition coefficient (Wildman–Crippen LogP) is 5.50. The van der Waals surface area contributed by atoms with Gasteiger partial charge in [0.05, 0.1) is 6.61 Å². The molecule has 0 aliphatic heterocycles. The summed E-state index contributed by atoms with van der Waals surface area (Å²) in [6.45, 7) is 8.28. The van der Waals surface area contributed by atoms with Crippen molar-refractivity contribution in [1.82, 2.24) is 0 Å². The summed E-state index contributed by atoms with van der Waals surface area (Å²) in [5, 5.41) is 0. The fraction of sp³-hybridized carbons (Fsp3) is 0.409. The normalized spacial score (nSPS) is 11.8. The van der Waals surface area contributed by atoms with Crippen molar-refractivity contribution in [1.29, 1.82) is 0 Å². The number of rotatable bonds is 9. The van der Waals surface area contributed by atoms with E-state index < -0.39 is 0 Å². The summed E-state index contributed by atoms with van der Waals surface area (Å²) in [6, 6.07) is 21.6. The molecule has 0 unspecified atom stereocenters. The fourth-order valence-corrected chi connectivity index (χ4v) is 3.05. The summed E-state index contributed by atoms with van der Waals surface area (Å²) < 4.78 is 6.03. The Morgan fingerprint density at radius 1 is 0.826 bits per heavy atom. The van der Waals surface area contributed by atoms with Gasteiger partial charge in [-0.15, -0.1) is 0 Å². The van der Waals surface area contributed by atoms with E-state index in [1.807, 2.05) is 0 Å². The fourth-order valence-electron chi connectivity index (χ4n) is 3.05. The summed E-state index contributed by atoms with van der Waals surface area (Å²) >= 11 is 0. The molecule has 0 N–H and O–H groups in total. The van der Waals surface area contributed by atoms with Gasteiger partial charge in [0.1, 0.15) is 0 Å². The largest absolute Gasteiger partial charge is 0.381 e. The molecule has 0 fully saturated rings. The summed E-state index contributed by atoms with van der Waals surface area (Å²) in [5.41, 5.74) is 2.81. The van der Waals surface area contributed by atoms with Gasteiger partial charge in [-0.1, -0.05) is 81.4 Å². The summed E-state index contributed by atoms with van der Waals surface area (Å²) in [5.74, 6) is 1.45. The highest BCUT2D eigenvalue weighted by Crippen LogP contribution is 2.37. The maximum Gasteiger partial charge on any atom is 0.0534 e. The van der Waals surface area contributed by atoms with E-state index in [2.05, 4.69) is 81.4 Å². The molecule has 1 heteroatoms. The lowest BCUT2D eigenvalue weighted by Crippen LogP contribution is -2.36. The van der Waals surface area contributed by atoms with Crippen LogP contribution in [0.4, 0.5) is 0 Å². The van der Waals surface area contributed by atoms with Crippen molar-refractivity contribution in [2.45, 2.75) is 40.0 Å². The zero-order valence-electron chi connectivity index (χ0n) is 14.7. The molecule has 0 amide bonds. The van der Waals surface area contributed by atoms with Crippen molar-refractivity contribution < 1.29 is 4.74 Å². The van der Waals surface area contributed by atoms with Crippen LogP contribution in [0, 0.1) is 11.3 Å². The van der Waals surface area contributed by atoms with Crippen molar-refractivity contribution in [3.05, 3.63) is 77.7 Å². The number of hydrogen-bond donors (Lipinski definition) is 0. The lowest BCUT2D eigenvalue weighted by atomic mass is 9.69. The van der Waals surface area contributed by atoms with Gasteiger partial charge in [-0.3, -0.25) is 0 Å². The van der Waals surface area contributed by atoms with Gasteiger partial charge in [-0.25, -0.2) is 0 Å². The number of ether oxygens (including phenoxy) is 1. The second-order valence-electron chi connectivity index (χ2n) is 6.66. The molecule has 2 aromatic carbocycles. The molecule has 0 saturated heterocycles. The molecule has 2 rings (SSSR count). The third-order valence-electron chi connectivity index (χ3n) is 4.56. The molecule has 0 aliphatic rings. The first-order chi connectivity index (χ1) is 11.2. The van der Waals surface area contributed by atoms with Gasteiger partial charge in [-0.2, -0.15) is 0 Å². The molecule has 0 aliphatic carbocycles. The lowest BCUT2D eigenvalue weighted by molar-refractivity contribution is 0.0512. The van der Waals surface area contributed by atoms with Crippen LogP contribution in [-0.4, -0.2) is 13.2 Å². The highest BCUT2D eigenvalue weighted by atomic mass is 16.5. The summed E-state index contributed by atoms with van der Waals surface area (Å²) in [6.07, 6.45) is 3.11. The topological polar surface area (TPSA) is 9.23 Å². The Bertz CT molecular complexity index is 503. The van der Waals surface area contributed by atoms with E-state index in [1.54, 1.807) is 0 Å². The molecule has 0 bridgehead atoms.